The summed E-state index contributed by atoms with van der Waals surface area (Å²) in [6.45, 7) is 0. The molecule has 1 atom stereocenters. The summed E-state index contributed by atoms with van der Waals surface area (Å²) in [4.78, 5) is 0. The zero-order valence-electron chi connectivity index (χ0n) is 6.91. The maximum Gasteiger partial charge on any atom is 0.149 e. The van der Waals surface area contributed by atoms with Gasteiger partial charge in [-0.15, -0.1) is 0 Å². The van der Waals surface area contributed by atoms with E-state index in [-0.39, 0.29) is 5.56 Å². The van der Waals surface area contributed by atoms with Crippen molar-refractivity contribution in [1.82, 2.24) is 0 Å². The Balaban J connectivity index is 2.58. The van der Waals surface area contributed by atoms with Gasteiger partial charge in [0.2, 0.25) is 0 Å². The summed E-state index contributed by atoms with van der Waals surface area (Å²) in [6.07, 6.45) is 3.73. The predicted octanol–water partition coefficient (Wildman–Crippen LogP) is 2.91. The van der Waals surface area contributed by atoms with E-state index in [1.807, 2.05) is 36.4 Å². The molecule has 0 spiro atoms. The minimum absolute atomic E-state index is 0.342. The van der Waals surface area contributed by atoms with Crippen molar-refractivity contribution in [3.63, 3.8) is 0 Å². The molecule has 1 rings (SSSR count). The molecule has 0 saturated carbocycles. The maximum absolute atomic E-state index is 5.71. The highest BCUT2D eigenvalue weighted by Gasteiger charge is 1.92. The van der Waals surface area contributed by atoms with Gasteiger partial charge in [-0.05, 0) is 11.6 Å². The quantitative estimate of drug-likeness (QED) is 0.654. The first kappa shape index (κ1) is 9.30. The molecule has 1 aromatic carbocycles. The molecule has 64 valence electrons. The summed E-state index contributed by atoms with van der Waals surface area (Å²) in [5, 5.41) is 0. The van der Waals surface area contributed by atoms with Gasteiger partial charge < -0.3 is 4.74 Å². The molecular weight excluding hydrogens is 172 g/mol. The van der Waals surface area contributed by atoms with Crippen molar-refractivity contribution < 1.29 is 4.74 Å². The van der Waals surface area contributed by atoms with Gasteiger partial charge >= 0.3 is 0 Å². The minimum Gasteiger partial charge on any atom is -0.362 e. The van der Waals surface area contributed by atoms with Crippen LogP contribution < -0.4 is 0 Å². The van der Waals surface area contributed by atoms with Crippen molar-refractivity contribution in [3.8, 4) is 0 Å². The molecule has 2 heteroatoms. The van der Waals surface area contributed by atoms with Crippen LogP contribution in [-0.4, -0.2) is 12.7 Å². The first-order chi connectivity index (χ1) is 5.83. The minimum atomic E-state index is -0.342. The first-order valence-electron chi connectivity index (χ1n) is 3.73. The van der Waals surface area contributed by atoms with Crippen LogP contribution in [0.3, 0.4) is 0 Å². The molecule has 12 heavy (non-hydrogen) atoms. The molecule has 0 amide bonds. The van der Waals surface area contributed by atoms with Gasteiger partial charge in [0.05, 0.1) is 0 Å². The van der Waals surface area contributed by atoms with Crippen LogP contribution in [0, 0.1) is 0 Å². The lowest BCUT2D eigenvalue weighted by molar-refractivity contribution is 0.203. The average Bonchev–Trinajstić information content (AvgIpc) is 2.16. The second-order valence-electron chi connectivity index (χ2n) is 2.36. The van der Waals surface area contributed by atoms with E-state index in [1.165, 1.54) is 0 Å². The van der Waals surface area contributed by atoms with Crippen molar-refractivity contribution in [2.75, 3.05) is 7.11 Å². The SMILES string of the molecule is COC(Cl)/C=C/c1ccccc1. The van der Waals surface area contributed by atoms with Crippen LogP contribution in [0.2, 0.25) is 0 Å². The van der Waals surface area contributed by atoms with Crippen molar-refractivity contribution in [2.45, 2.75) is 5.56 Å². The van der Waals surface area contributed by atoms with Gasteiger partial charge in [-0.25, -0.2) is 0 Å². The van der Waals surface area contributed by atoms with Crippen LogP contribution in [0.5, 0.6) is 0 Å². The van der Waals surface area contributed by atoms with Gasteiger partial charge in [0.1, 0.15) is 5.56 Å². The standard InChI is InChI=1S/C10H11ClO/c1-12-10(11)8-7-9-5-3-2-4-6-9/h2-8,10H,1H3/b8-7+. The number of hydrogen-bond donors (Lipinski definition) is 0. The fraction of sp³-hybridized carbons (Fsp3) is 0.200. The third kappa shape index (κ3) is 3.07. The third-order valence-corrected chi connectivity index (χ3v) is 1.79. The van der Waals surface area contributed by atoms with Gasteiger partial charge in [-0.3, -0.25) is 0 Å². The summed E-state index contributed by atoms with van der Waals surface area (Å²) >= 11 is 5.71. The van der Waals surface area contributed by atoms with E-state index in [0.717, 1.165) is 5.56 Å². The molecular formula is C10H11ClO. The van der Waals surface area contributed by atoms with Crippen molar-refractivity contribution >= 4 is 17.7 Å². The van der Waals surface area contributed by atoms with E-state index < -0.39 is 0 Å². The van der Waals surface area contributed by atoms with Gasteiger partial charge in [0.25, 0.3) is 0 Å². The van der Waals surface area contributed by atoms with E-state index in [2.05, 4.69) is 0 Å². The normalized spacial score (nSPS) is 13.5. The van der Waals surface area contributed by atoms with Gasteiger partial charge in [-0.1, -0.05) is 48.0 Å². The zero-order chi connectivity index (χ0) is 8.81. The molecule has 0 aliphatic carbocycles. The highest BCUT2D eigenvalue weighted by atomic mass is 35.5. The van der Waals surface area contributed by atoms with Gasteiger partial charge in [-0.2, -0.15) is 0 Å². The first-order valence-corrected chi connectivity index (χ1v) is 4.16. The van der Waals surface area contributed by atoms with Crippen LogP contribution >= 0.6 is 11.6 Å². The van der Waals surface area contributed by atoms with Crippen molar-refractivity contribution in [2.24, 2.45) is 0 Å². The Morgan fingerprint density at radius 2 is 2.00 bits per heavy atom. The second-order valence-corrected chi connectivity index (χ2v) is 2.79. The number of benzene rings is 1. The molecule has 0 saturated heterocycles. The topological polar surface area (TPSA) is 9.23 Å². The van der Waals surface area contributed by atoms with Crippen molar-refractivity contribution in [3.05, 3.63) is 42.0 Å². The zero-order valence-corrected chi connectivity index (χ0v) is 7.66. The molecule has 1 nitrogen and oxygen atoms in total. The lowest BCUT2D eigenvalue weighted by Crippen LogP contribution is -1.94. The summed E-state index contributed by atoms with van der Waals surface area (Å²) in [6, 6.07) is 9.96. The molecule has 0 fully saturated rings. The Kier molecular flexibility index (Phi) is 3.85. The molecule has 1 aromatic rings. The van der Waals surface area contributed by atoms with E-state index >= 15 is 0 Å². The highest BCUT2D eigenvalue weighted by Crippen LogP contribution is 2.05. The molecule has 0 aliphatic rings. The average molecular weight is 183 g/mol. The predicted molar refractivity (Wildman–Crippen MR) is 52.1 cm³/mol. The Bertz CT molecular complexity index is 243. The van der Waals surface area contributed by atoms with Crippen LogP contribution in [0.15, 0.2) is 36.4 Å². The summed E-state index contributed by atoms with van der Waals surface area (Å²) in [5.41, 5.74) is 0.783. The Morgan fingerprint density at radius 3 is 2.58 bits per heavy atom. The number of hydrogen-bond acceptors (Lipinski definition) is 1. The van der Waals surface area contributed by atoms with E-state index in [0.29, 0.717) is 0 Å². The monoisotopic (exact) mass is 182 g/mol. The number of ether oxygens (including phenoxy) is 1. The Morgan fingerprint density at radius 1 is 1.33 bits per heavy atom. The van der Waals surface area contributed by atoms with Crippen LogP contribution in [0.4, 0.5) is 0 Å². The molecule has 1 unspecified atom stereocenters. The van der Waals surface area contributed by atoms with Gasteiger partial charge in [0.15, 0.2) is 0 Å². The lowest BCUT2D eigenvalue weighted by atomic mass is 10.2. The van der Waals surface area contributed by atoms with Gasteiger partial charge in [0, 0.05) is 7.11 Å². The Labute approximate surface area is 77.6 Å². The number of rotatable bonds is 3. The van der Waals surface area contributed by atoms with Crippen LogP contribution in [0.25, 0.3) is 6.08 Å². The second kappa shape index (κ2) is 4.96. The fourth-order valence-corrected chi connectivity index (χ4v) is 0.902. The molecule has 0 aliphatic heterocycles. The maximum atomic E-state index is 5.71. The van der Waals surface area contributed by atoms with Crippen LogP contribution in [-0.2, 0) is 4.74 Å². The summed E-state index contributed by atoms with van der Waals surface area (Å²) < 4.78 is 4.85. The number of alkyl halides is 1. The molecule has 0 bridgehead atoms. The van der Waals surface area contributed by atoms with Crippen LogP contribution in [0.1, 0.15) is 5.56 Å². The molecule has 0 aromatic heterocycles. The number of halogens is 1. The smallest absolute Gasteiger partial charge is 0.149 e. The van der Waals surface area contributed by atoms with E-state index in [9.17, 15) is 0 Å². The highest BCUT2D eigenvalue weighted by molar-refractivity contribution is 6.21. The van der Waals surface area contributed by atoms with E-state index in [1.54, 1.807) is 13.2 Å². The fourth-order valence-electron chi connectivity index (χ4n) is 0.829. The molecule has 0 radical (unpaired) electrons. The largest absolute Gasteiger partial charge is 0.362 e. The summed E-state index contributed by atoms with van der Waals surface area (Å²) in [7, 11) is 1.58. The summed E-state index contributed by atoms with van der Waals surface area (Å²) in [5.74, 6) is 0. The number of methoxy groups -OCH3 is 1. The molecule has 0 heterocycles. The van der Waals surface area contributed by atoms with E-state index in [4.69, 9.17) is 16.3 Å². The Hall–Kier alpha value is -0.790. The lowest BCUT2D eigenvalue weighted by Gasteiger charge is -1.98. The third-order valence-electron chi connectivity index (χ3n) is 1.46. The molecule has 0 N–H and O–H groups in total. The van der Waals surface area contributed by atoms with Crippen molar-refractivity contribution in [1.29, 1.82) is 0 Å².